The largest absolute Gasteiger partial charge is 0.477 e. The fraction of sp³-hybridized carbons (Fsp3) is 0.130. The molecule has 0 atom stereocenters. The van der Waals surface area contributed by atoms with Gasteiger partial charge in [-0.15, -0.1) is 22.7 Å². The molecule has 0 aliphatic rings. The Morgan fingerprint density at radius 3 is 1.68 bits per heavy atom. The van der Waals surface area contributed by atoms with Crippen LogP contribution in [0.4, 0.5) is 17.1 Å². The number of carboxylic acids is 1. The smallest absolute Gasteiger partial charge is 0.346 e. The Labute approximate surface area is 319 Å². The van der Waals surface area contributed by atoms with Crippen molar-refractivity contribution in [3.8, 4) is 43.3 Å². The Morgan fingerprint density at radius 2 is 1.15 bits per heavy atom. The van der Waals surface area contributed by atoms with Crippen molar-refractivity contribution in [1.29, 1.82) is 5.26 Å². The van der Waals surface area contributed by atoms with E-state index in [0.717, 1.165) is 48.6 Å². The number of anilines is 3. The number of benzene rings is 4. The van der Waals surface area contributed by atoms with Crippen LogP contribution < -0.4 is 4.90 Å². The van der Waals surface area contributed by atoms with Crippen LogP contribution in [0.2, 0.25) is 0 Å². The van der Waals surface area contributed by atoms with Gasteiger partial charge in [0.05, 0.1) is 26.8 Å². The lowest BCUT2D eigenvalue weighted by Crippen LogP contribution is -2.09. The average Bonchev–Trinajstić information content (AvgIpc) is 3.95. The van der Waals surface area contributed by atoms with Gasteiger partial charge in [-0.05, 0) is 107 Å². The standard InChI is InChI=1S/C46H39N3O2S2/c1-30(2)38-16-11-17-39(31(3)4)45(38)49-40(43-25-22-37(52-43)28-33(29-47)46(50)51)23-24-41(49)44-27-26-42(53-44)32-18-20-36(21-19-32)48(34-12-7-5-8-13-34)35-14-9-6-10-15-35/h5-28,30-31H,1-4H3,(H,50,51)/b33-28+. The first-order valence-corrected chi connectivity index (χ1v) is 19.3. The number of carbonyl (C=O) groups is 1. The number of thiophene rings is 2. The second-order valence-electron chi connectivity index (χ2n) is 13.4. The number of para-hydroxylation sites is 3. The number of nitriles is 1. The molecule has 0 radical (unpaired) electrons. The molecular weight excluding hydrogens is 691 g/mol. The Kier molecular flexibility index (Phi) is 10.3. The normalized spacial score (nSPS) is 11.6. The maximum Gasteiger partial charge on any atom is 0.346 e. The molecule has 262 valence electrons. The third-order valence-electron chi connectivity index (χ3n) is 9.26. The highest BCUT2D eigenvalue weighted by Gasteiger charge is 2.23. The first-order valence-electron chi connectivity index (χ1n) is 17.6. The molecule has 7 heteroatoms. The van der Waals surface area contributed by atoms with Gasteiger partial charge in [-0.2, -0.15) is 5.26 Å². The Bertz CT molecular complexity index is 2380. The maximum absolute atomic E-state index is 11.6. The number of aromatic nitrogens is 1. The molecular formula is C46H39N3O2S2. The average molecular weight is 730 g/mol. The number of hydrogen-bond acceptors (Lipinski definition) is 5. The molecule has 0 fully saturated rings. The van der Waals surface area contributed by atoms with Crippen molar-refractivity contribution in [2.24, 2.45) is 0 Å². The Hall–Kier alpha value is -5.94. The molecule has 0 aliphatic heterocycles. The number of nitrogens with zero attached hydrogens (tertiary/aromatic N) is 3. The molecule has 0 unspecified atom stereocenters. The van der Waals surface area contributed by atoms with E-state index in [1.807, 2.05) is 24.3 Å². The van der Waals surface area contributed by atoms with Crippen LogP contribution in [0.3, 0.4) is 0 Å². The second-order valence-corrected chi connectivity index (χ2v) is 15.6. The summed E-state index contributed by atoms with van der Waals surface area (Å²) in [6, 6.07) is 50.7. The van der Waals surface area contributed by atoms with Crippen molar-refractivity contribution >= 4 is 51.8 Å². The molecule has 0 aliphatic carbocycles. The molecule has 7 rings (SSSR count). The van der Waals surface area contributed by atoms with Gasteiger partial charge >= 0.3 is 5.97 Å². The van der Waals surface area contributed by atoms with Gasteiger partial charge < -0.3 is 14.6 Å². The van der Waals surface area contributed by atoms with Gasteiger partial charge in [0, 0.05) is 26.8 Å². The highest BCUT2D eigenvalue weighted by molar-refractivity contribution is 7.18. The van der Waals surface area contributed by atoms with E-state index in [2.05, 4.69) is 152 Å². The minimum Gasteiger partial charge on any atom is -0.477 e. The molecule has 0 saturated heterocycles. The summed E-state index contributed by atoms with van der Waals surface area (Å²) in [7, 11) is 0. The van der Waals surface area contributed by atoms with E-state index < -0.39 is 5.97 Å². The Morgan fingerprint density at radius 1 is 0.642 bits per heavy atom. The van der Waals surface area contributed by atoms with E-state index in [4.69, 9.17) is 0 Å². The number of aliphatic carboxylic acids is 1. The quantitative estimate of drug-likeness (QED) is 0.106. The van der Waals surface area contributed by atoms with Gasteiger partial charge in [0.25, 0.3) is 0 Å². The Balaban J connectivity index is 1.32. The molecule has 3 heterocycles. The van der Waals surface area contributed by atoms with Gasteiger partial charge in [-0.25, -0.2) is 4.79 Å². The van der Waals surface area contributed by atoms with Gasteiger partial charge in [0.1, 0.15) is 11.6 Å². The lowest BCUT2D eigenvalue weighted by atomic mass is 9.92. The summed E-state index contributed by atoms with van der Waals surface area (Å²) in [4.78, 5) is 17.9. The summed E-state index contributed by atoms with van der Waals surface area (Å²) in [5, 5.41) is 18.9. The molecule has 4 aromatic carbocycles. The predicted molar refractivity (Wildman–Crippen MR) is 222 cm³/mol. The summed E-state index contributed by atoms with van der Waals surface area (Å²) >= 11 is 3.25. The van der Waals surface area contributed by atoms with Crippen LogP contribution in [0.1, 0.15) is 55.5 Å². The third kappa shape index (κ3) is 7.25. The van der Waals surface area contributed by atoms with Crippen molar-refractivity contribution in [1.82, 2.24) is 4.57 Å². The van der Waals surface area contributed by atoms with E-state index in [1.165, 1.54) is 39.1 Å². The summed E-state index contributed by atoms with van der Waals surface area (Å²) in [6.45, 7) is 8.94. The molecule has 0 bridgehead atoms. The van der Waals surface area contributed by atoms with Crippen molar-refractivity contribution < 1.29 is 9.90 Å². The van der Waals surface area contributed by atoms with E-state index >= 15 is 0 Å². The number of hydrogen-bond donors (Lipinski definition) is 1. The van der Waals surface area contributed by atoms with E-state index in [9.17, 15) is 15.2 Å². The van der Waals surface area contributed by atoms with Crippen molar-refractivity contribution in [3.05, 3.63) is 161 Å². The van der Waals surface area contributed by atoms with Gasteiger partial charge in [-0.1, -0.05) is 94.4 Å². The van der Waals surface area contributed by atoms with Gasteiger partial charge in [0.2, 0.25) is 0 Å². The number of rotatable bonds is 11. The second kappa shape index (κ2) is 15.3. The van der Waals surface area contributed by atoms with Crippen molar-refractivity contribution in [3.63, 3.8) is 0 Å². The topological polar surface area (TPSA) is 69.3 Å². The zero-order chi connectivity index (χ0) is 37.1. The van der Waals surface area contributed by atoms with Gasteiger partial charge in [-0.3, -0.25) is 0 Å². The van der Waals surface area contributed by atoms with Crippen LogP contribution in [0, 0.1) is 11.3 Å². The van der Waals surface area contributed by atoms with Crippen LogP contribution >= 0.6 is 22.7 Å². The zero-order valence-electron chi connectivity index (χ0n) is 30.0. The third-order valence-corrected chi connectivity index (χ3v) is 11.5. The molecule has 3 aromatic heterocycles. The molecule has 0 saturated carbocycles. The molecule has 0 spiro atoms. The lowest BCUT2D eigenvalue weighted by molar-refractivity contribution is -0.132. The minimum atomic E-state index is -1.23. The first kappa shape index (κ1) is 35.5. The van der Waals surface area contributed by atoms with Crippen molar-refractivity contribution in [2.45, 2.75) is 39.5 Å². The van der Waals surface area contributed by atoms with Crippen LogP contribution in [-0.4, -0.2) is 15.6 Å². The molecule has 5 nitrogen and oxygen atoms in total. The van der Waals surface area contributed by atoms with Crippen LogP contribution in [0.5, 0.6) is 0 Å². The fourth-order valence-electron chi connectivity index (χ4n) is 6.69. The molecule has 53 heavy (non-hydrogen) atoms. The first-order chi connectivity index (χ1) is 25.7. The van der Waals surface area contributed by atoms with Crippen LogP contribution in [-0.2, 0) is 4.79 Å². The maximum atomic E-state index is 11.6. The highest BCUT2D eigenvalue weighted by Crippen LogP contribution is 2.44. The molecule has 1 N–H and O–H groups in total. The summed E-state index contributed by atoms with van der Waals surface area (Å²) in [5.74, 6) is -0.661. The number of carboxylic acid groups (broad SMARTS) is 1. The SMILES string of the molecule is CC(C)c1cccc(C(C)C)c1-n1c(-c2ccc(/C=C(\C#N)C(=O)O)s2)ccc1-c1ccc(-c2ccc(N(c3ccccc3)c3ccccc3)cc2)s1. The zero-order valence-corrected chi connectivity index (χ0v) is 31.7. The van der Waals surface area contributed by atoms with Gasteiger partial charge in [0.15, 0.2) is 0 Å². The minimum absolute atomic E-state index is 0.283. The lowest BCUT2D eigenvalue weighted by Gasteiger charge is -2.25. The summed E-state index contributed by atoms with van der Waals surface area (Å²) < 4.78 is 2.39. The van der Waals surface area contributed by atoms with Crippen LogP contribution in [0.15, 0.2) is 145 Å². The van der Waals surface area contributed by atoms with E-state index in [-0.39, 0.29) is 17.4 Å². The van der Waals surface area contributed by atoms with Crippen LogP contribution in [0.25, 0.3) is 43.3 Å². The predicted octanol–water partition coefficient (Wildman–Crippen LogP) is 13.3. The highest BCUT2D eigenvalue weighted by atomic mass is 32.1. The molecule has 0 amide bonds. The summed E-state index contributed by atoms with van der Waals surface area (Å²) in [5.41, 5.74) is 9.98. The fourth-order valence-corrected chi connectivity index (χ4v) is 8.68. The van der Waals surface area contributed by atoms with E-state index in [1.54, 1.807) is 17.4 Å². The van der Waals surface area contributed by atoms with E-state index in [0.29, 0.717) is 0 Å². The van der Waals surface area contributed by atoms with Crippen molar-refractivity contribution in [2.75, 3.05) is 4.90 Å². The molecule has 7 aromatic rings. The monoisotopic (exact) mass is 729 g/mol. The summed E-state index contributed by atoms with van der Waals surface area (Å²) in [6.07, 6.45) is 1.45.